The second-order valence-corrected chi connectivity index (χ2v) is 5.32. The van der Waals surface area contributed by atoms with Crippen LogP contribution in [-0.4, -0.2) is 18.8 Å². The second kappa shape index (κ2) is 5.31. The van der Waals surface area contributed by atoms with E-state index in [9.17, 15) is 0 Å². The number of hydrogen-bond acceptors (Lipinski definition) is 2. The molecule has 1 heterocycles. The summed E-state index contributed by atoms with van der Waals surface area (Å²) in [5.74, 6) is 1.70. The van der Waals surface area contributed by atoms with Gasteiger partial charge in [-0.15, -0.1) is 0 Å². The van der Waals surface area contributed by atoms with Gasteiger partial charge in [-0.1, -0.05) is 26.2 Å². The molecular formula is C13H25NO. The zero-order valence-electron chi connectivity index (χ0n) is 9.95. The molecule has 88 valence electrons. The molecule has 0 spiro atoms. The molecule has 0 amide bonds. The third-order valence-electron chi connectivity index (χ3n) is 4.41. The molecule has 2 rings (SSSR count). The van der Waals surface area contributed by atoms with Gasteiger partial charge in [0.25, 0.3) is 0 Å². The van der Waals surface area contributed by atoms with Gasteiger partial charge in [0, 0.05) is 12.6 Å². The fourth-order valence-electron chi connectivity index (χ4n) is 3.19. The highest BCUT2D eigenvalue weighted by molar-refractivity contribution is 4.86. The third-order valence-corrected chi connectivity index (χ3v) is 4.41. The van der Waals surface area contributed by atoms with E-state index in [1.165, 1.54) is 44.9 Å². The summed E-state index contributed by atoms with van der Waals surface area (Å²) in [6.45, 7) is 3.24. The van der Waals surface area contributed by atoms with Crippen LogP contribution < -0.4 is 5.73 Å². The molecule has 2 atom stereocenters. The standard InChI is InChI=1S/C13H25NO/c1-2-10-5-7-11(8-6-10)13(14)12-4-3-9-15-12/h10-13H,2-9,14H2,1H3. The minimum atomic E-state index is 0.310. The molecule has 0 radical (unpaired) electrons. The van der Waals surface area contributed by atoms with Crippen molar-refractivity contribution in [2.45, 2.75) is 64.0 Å². The highest BCUT2D eigenvalue weighted by atomic mass is 16.5. The van der Waals surface area contributed by atoms with Crippen LogP contribution in [0.15, 0.2) is 0 Å². The first-order valence-electron chi connectivity index (χ1n) is 6.68. The molecule has 2 fully saturated rings. The predicted octanol–water partition coefficient (Wildman–Crippen LogP) is 2.71. The Balaban J connectivity index is 1.78. The fourth-order valence-corrected chi connectivity index (χ4v) is 3.19. The topological polar surface area (TPSA) is 35.2 Å². The summed E-state index contributed by atoms with van der Waals surface area (Å²) in [5.41, 5.74) is 6.32. The Hall–Kier alpha value is -0.0800. The lowest BCUT2D eigenvalue weighted by Crippen LogP contribution is -2.42. The molecule has 0 aromatic rings. The van der Waals surface area contributed by atoms with E-state index in [2.05, 4.69) is 6.92 Å². The molecule has 1 aliphatic carbocycles. The highest BCUT2D eigenvalue weighted by Crippen LogP contribution is 2.34. The molecule has 1 saturated carbocycles. The first-order valence-corrected chi connectivity index (χ1v) is 6.68. The number of ether oxygens (including phenoxy) is 1. The maximum Gasteiger partial charge on any atom is 0.0729 e. The van der Waals surface area contributed by atoms with Crippen molar-refractivity contribution in [2.75, 3.05) is 6.61 Å². The van der Waals surface area contributed by atoms with Crippen LogP contribution >= 0.6 is 0 Å². The van der Waals surface area contributed by atoms with Gasteiger partial charge in [-0.2, -0.15) is 0 Å². The van der Waals surface area contributed by atoms with Gasteiger partial charge in [0.1, 0.15) is 0 Å². The van der Waals surface area contributed by atoms with Gasteiger partial charge >= 0.3 is 0 Å². The first kappa shape index (κ1) is 11.4. The zero-order valence-corrected chi connectivity index (χ0v) is 9.95. The lowest BCUT2D eigenvalue weighted by Gasteiger charge is -2.34. The molecule has 1 saturated heterocycles. The summed E-state index contributed by atoms with van der Waals surface area (Å²) in [7, 11) is 0. The first-order chi connectivity index (χ1) is 7.31. The van der Waals surface area contributed by atoms with E-state index in [4.69, 9.17) is 10.5 Å². The van der Waals surface area contributed by atoms with Gasteiger partial charge in [0.2, 0.25) is 0 Å². The normalized spacial score (nSPS) is 39.2. The molecule has 2 heteroatoms. The fraction of sp³-hybridized carbons (Fsp3) is 1.00. The molecule has 0 bridgehead atoms. The van der Waals surface area contributed by atoms with Crippen LogP contribution in [0.5, 0.6) is 0 Å². The van der Waals surface area contributed by atoms with Crippen LogP contribution in [-0.2, 0) is 4.74 Å². The molecule has 1 aliphatic heterocycles. The Labute approximate surface area is 93.6 Å². The zero-order chi connectivity index (χ0) is 10.7. The predicted molar refractivity (Wildman–Crippen MR) is 62.7 cm³/mol. The Bertz CT molecular complexity index is 181. The van der Waals surface area contributed by atoms with Gasteiger partial charge in [-0.3, -0.25) is 0 Å². The highest BCUT2D eigenvalue weighted by Gasteiger charge is 2.31. The minimum absolute atomic E-state index is 0.310. The van der Waals surface area contributed by atoms with E-state index in [0.29, 0.717) is 12.1 Å². The van der Waals surface area contributed by atoms with E-state index >= 15 is 0 Å². The van der Waals surface area contributed by atoms with Crippen LogP contribution in [0.3, 0.4) is 0 Å². The van der Waals surface area contributed by atoms with Crippen LogP contribution in [0.1, 0.15) is 51.9 Å². The molecule has 2 aliphatic rings. The van der Waals surface area contributed by atoms with Crippen LogP contribution in [0.4, 0.5) is 0 Å². The van der Waals surface area contributed by atoms with Crippen molar-refractivity contribution in [2.24, 2.45) is 17.6 Å². The monoisotopic (exact) mass is 211 g/mol. The Morgan fingerprint density at radius 2 is 1.93 bits per heavy atom. The van der Waals surface area contributed by atoms with Gasteiger partial charge < -0.3 is 10.5 Å². The van der Waals surface area contributed by atoms with Crippen LogP contribution in [0.2, 0.25) is 0 Å². The van der Waals surface area contributed by atoms with Crippen molar-refractivity contribution in [3.05, 3.63) is 0 Å². The van der Waals surface area contributed by atoms with Crippen molar-refractivity contribution in [3.63, 3.8) is 0 Å². The van der Waals surface area contributed by atoms with Gasteiger partial charge in [0.05, 0.1) is 6.10 Å². The number of nitrogens with two attached hydrogens (primary N) is 1. The summed E-state index contributed by atoms with van der Waals surface area (Å²) >= 11 is 0. The van der Waals surface area contributed by atoms with Crippen molar-refractivity contribution < 1.29 is 4.74 Å². The van der Waals surface area contributed by atoms with E-state index in [-0.39, 0.29) is 0 Å². The van der Waals surface area contributed by atoms with Crippen molar-refractivity contribution in [1.29, 1.82) is 0 Å². The largest absolute Gasteiger partial charge is 0.377 e. The summed E-state index contributed by atoms with van der Waals surface area (Å²) in [6, 6.07) is 0.310. The summed E-state index contributed by atoms with van der Waals surface area (Å²) in [4.78, 5) is 0. The van der Waals surface area contributed by atoms with Gasteiger partial charge in [-0.05, 0) is 37.5 Å². The molecule has 2 unspecified atom stereocenters. The van der Waals surface area contributed by atoms with E-state index in [0.717, 1.165) is 18.4 Å². The molecular weight excluding hydrogens is 186 g/mol. The lowest BCUT2D eigenvalue weighted by atomic mass is 9.76. The van der Waals surface area contributed by atoms with E-state index in [1.54, 1.807) is 0 Å². The quantitative estimate of drug-likeness (QED) is 0.779. The third kappa shape index (κ3) is 2.73. The second-order valence-electron chi connectivity index (χ2n) is 5.32. The maximum atomic E-state index is 6.32. The van der Waals surface area contributed by atoms with Crippen LogP contribution in [0, 0.1) is 11.8 Å². The summed E-state index contributed by atoms with van der Waals surface area (Å²) in [5, 5.41) is 0. The van der Waals surface area contributed by atoms with E-state index in [1.807, 2.05) is 0 Å². The van der Waals surface area contributed by atoms with Gasteiger partial charge in [-0.25, -0.2) is 0 Å². The minimum Gasteiger partial charge on any atom is -0.377 e. The summed E-state index contributed by atoms with van der Waals surface area (Å²) < 4.78 is 5.70. The molecule has 0 aromatic heterocycles. The molecule has 15 heavy (non-hydrogen) atoms. The van der Waals surface area contributed by atoms with Crippen molar-refractivity contribution in [3.8, 4) is 0 Å². The van der Waals surface area contributed by atoms with Crippen molar-refractivity contribution >= 4 is 0 Å². The maximum absolute atomic E-state index is 6.32. The smallest absolute Gasteiger partial charge is 0.0729 e. The molecule has 2 nitrogen and oxygen atoms in total. The molecule has 2 N–H and O–H groups in total. The average molecular weight is 211 g/mol. The van der Waals surface area contributed by atoms with Crippen LogP contribution in [0.25, 0.3) is 0 Å². The van der Waals surface area contributed by atoms with E-state index < -0.39 is 0 Å². The van der Waals surface area contributed by atoms with Gasteiger partial charge in [0.15, 0.2) is 0 Å². The number of rotatable bonds is 3. The molecule has 0 aromatic carbocycles. The number of hydrogen-bond donors (Lipinski definition) is 1. The Kier molecular flexibility index (Phi) is 4.04. The Morgan fingerprint density at radius 3 is 2.47 bits per heavy atom. The van der Waals surface area contributed by atoms with Crippen molar-refractivity contribution in [1.82, 2.24) is 0 Å². The SMILES string of the molecule is CCC1CCC(C(N)C2CCCO2)CC1. The average Bonchev–Trinajstić information content (AvgIpc) is 2.82. The summed E-state index contributed by atoms with van der Waals surface area (Å²) in [6.07, 6.45) is 9.56. The lowest BCUT2D eigenvalue weighted by molar-refractivity contribution is 0.0600. The Morgan fingerprint density at radius 1 is 1.20 bits per heavy atom.